The Morgan fingerprint density at radius 3 is 2.24 bits per heavy atom. The lowest BCUT2D eigenvalue weighted by molar-refractivity contribution is -0.112. The summed E-state index contributed by atoms with van der Waals surface area (Å²) >= 11 is 0. The molecule has 3 rings (SSSR count). The molecule has 2 aromatic carbocycles. The van der Waals surface area contributed by atoms with Gasteiger partial charge >= 0.3 is 0 Å². The Bertz CT molecular complexity index is 1140. The van der Waals surface area contributed by atoms with Gasteiger partial charge < -0.3 is 9.88 Å². The molecule has 0 fully saturated rings. The van der Waals surface area contributed by atoms with Gasteiger partial charge in [0.15, 0.2) is 0 Å². The summed E-state index contributed by atoms with van der Waals surface area (Å²) in [5.74, 6) is -0.403. The molecule has 0 saturated carbocycles. The largest absolute Gasteiger partial charge is 0.321 e. The van der Waals surface area contributed by atoms with Gasteiger partial charge in [-0.15, -0.1) is 0 Å². The minimum absolute atomic E-state index is 0.0779. The van der Waals surface area contributed by atoms with E-state index in [1.54, 1.807) is 6.08 Å². The topological polar surface area (TPSA) is 57.8 Å². The molecule has 29 heavy (non-hydrogen) atoms. The number of benzene rings is 2. The molecule has 1 aromatic heterocycles. The molecule has 0 atom stereocenters. The Kier molecular flexibility index (Phi) is 5.70. The highest BCUT2D eigenvalue weighted by Crippen LogP contribution is 2.24. The van der Waals surface area contributed by atoms with E-state index in [-0.39, 0.29) is 5.57 Å². The molecular weight excluding hydrogens is 358 g/mol. The van der Waals surface area contributed by atoms with Crippen LogP contribution in [0.1, 0.15) is 33.6 Å². The summed E-state index contributed by atoms with van der Waals surface area (Å²) in [4.78, 5) is 12.7. The van der Waals surface area contributed by atoms with Gasteiger partial charge in [0, 0.05) is 22.8 Å². The van der Waals surface area contributed by atoms with Crippen LogP contribution in [-0.4, -0.2) is 10.5 Å². The number of aromatic nitrogens is 1. The van der Waals surface area contributed by atoms with Crippen molar-refractivity contribution in [3.63, 3.8) is 0 Å². The summed E-state index contributed by atoms with van der Waals surface area (Å²) in [5, 5.41) is 12.4. The SMILES string of the molecule is Cc1ccc(-n2c(C)cc(/C=C(/C#N)C(=O)Nc3ccc(C)cc3C)c2C)cc1. The Labute approximate surface area is 172 Å². The van der Waals surface area contributed by atoms with Gasteiger partial charge in [-0.3, -0.25) is 4.79 Å². The van der Waals surface area contributed by atoms with Gasteiger partial charge in [0.2, 0.25) is 0 Å². The van der Waals surface area contributed by atoms with Crippen LogP contribution >= 0.6 is 0 Å². The van der Waals surface area contributed by atoms with Crippen LogP contribution in [-0.2, 0) is 4.79 Å². The highest BCUT2D eigenvalue weighted by atomic mass is 16.1. The zero-order valence-electron chi connectivity index (χ0n) is 17.5. The number of aryl methyl sites for hydroxylation is 4. The molecule has 3 aromatic rings. The molecule has 1 N–H and O–H groups in total. The quantitative estimate of drug-likeness (QED) is 0.473. The van der Waals surface area contributed by atoms with E-state index in [4.69, 9.17) is 0 Å². The second-order valence-electron chi connectivity index (χ2n) is 7.44. The van der Waals surface area contributed by atoms with Gasteiger partial charge in [-0.1, -0.05) is 35.4 Å². The third-order valence-electron chi connectivity index (χ3n) is 5.06. The van der Waals surface area contributed by atoms with E-state index in [0.29, 0.717) is 5.69 Å². The molecule has 0 saturated heterocycles. The van der Waals surface area contributed by atoms with Crippen molar-refractivity contribution in [2.24, 2.45) is 0 Å². The fourth-order valence-corrected chi connectivity index (χ4v) is 3.47. The number of nitriles is 1. The summed E-state index contributed by atoms with van der Waals surface area (Å²) in [6.45, 7) is 10.0. The zero-order valence-corrected chi connectivity index (χ0v) is 17.5. The molecule has 146 valence electrons. The molecule has 4 nitrogen and oxygen atoms in total. The van der Waals surface area contributed by atoms with Gasteiger partial charge in [-0.25, -0.2) is 0 Å². The average Bonchev–Trinajstić information content (AvgIpc) is 2.96. The second kappa shape index (κ2) is 8.20. The van der Waals surface area contributed by atoms with Crippen molar-refractivity contribution in [3.05, 3.63) is 87.7 Å². The number of rotatable bonds is 4. The van der Waals surface area contributed by atoms with Crippen molar-refractivity contribution in [2.45, 2.75) is 34.6 Å². The first-order valence-corrected chi connectivity index (χ1v) is 9.56. The molecule has 0 aliphatic carbocycles. The number of hydrogen-bond acceptors (Lipinski definition) is 2. The maximum Gasteiger partial charge on any atom is 0.266 e. The van der Waals surface area contributed by atoms with E-state index in [2.05, 4.69) is 41.1 Å². The number of amides is 1. The molecular formula is C25H25N3O. The second-order valence-corrected chi connectivity index (χ2v) is 7.44. The molecule has 0 unspecified atom stereocenters. The Morgan fingerprint density at radius 1 is 0.966 bits per heavy atom. The van der Waals surface area contributed by atoms with E-state index in [9.17, 15) is 10.1 Å². The molecule has 4 heteroatoms. The van der Waals surface area contributed by atoms with Crippen LogP contribution in [0.5, 0.6) is 0 Å². The zero-order chi connectivity index (χ0) is 21.1. The Balaban J connectivity index is 1.93. The fraction of sp³-hybridized carbons (Fsp3) is 0.200. The van der Waals surface area contributed by atoms with Gasteiger partial charge in [0.1, 0.15) is 11.6 Å². The molecule has 1 heterocycles. The highest BCUT2D eigenvalue weighted by molar-refractivity contribution is 6.10. The smallest absolute Gasteiger partial charge is 0.266 e. The van der Waals surface area contributed by atoms with Crippen LogP contribution in [0.3, 0.4) is 0 Å². The van der Waals surface area contributed by atoms with Crippen LogP contribution < -0.4 is 5.32 Å². The number of carbonyl (C=O) groups excluding carboxylic acids is 1. The van der Waals surface area contributed by atoms with Gasteiger partial charge in [-0.2, -0.15) is 5.26 Å². The lowest BCUT2D eigenvalue weighted by atomic mass is 10.1. The third-order valence-corrected chi connectivity index (χ3v) is 5.06. The van der Waals surface area contributed by atoms with E-state index in [0.717, 1.165) is 33.8 Å². The Hall–Kier alpha value is -3.58. The number of anilines is 1. The van der Waals surface area contributed by atoms with Crippen molar-refractivity contribution < 1.29 is 4.79 Å². The predicted octanol–water partition coefficient (Wildman–Crippen LogP) is 5.57. The molecule has 0 aliphatic rings. The van der Waals surface area contributed by atoms with E-state index in [1.807, 2.05) is 58.0 Å². The van der Waals surface area contributed by atoms with Crippen LogP contribution in [0.25, 0.3) is 11.8 Å². The van der Waals surface area contributed by atoms with Crippen LogP contribution in [0.4, 0.5) is 5.69 Å². The van der Waals surface area contributed by atoms with E-state index in [1.165, 1.54) is 5.56 Å². The van der Waals surface area contributed by atoms with Crippen molar-refractivity contribution in [3.8, 4) is 11.8 Å². The third kappa shape index (κ3) is 4.30. The fourth-order valence-electron chi connectivity index (χ4n) is 3.47. The Morgan fingerprint density at radius 2 is 1.62 bits per heavy atom. The summed E-state index contributed by atoms with van der Waals surface area (Å²) in [5.41, 5.74) is 8.03. The van der Waals surface area contributed by atoms with Crippen LogP contribution in [0.15, 0.2) is 54.1 Å². The molecule has 0 bridgehead atoms. The first-order chi connectivity index (χ1) is 13.8. The van der Waals surface area contributed by atoms with E-state index >= 15 is 0 Å². The highest BCUT2D eigenvalue weighted by Gasteiger charge is 2.14. The monoisotopic (exact) mass is 383 g/mol. The number of nitrogens with zero attached hydrogens (tertiary/aromatic N) is 2. The van der Waals surface area contributed by atoms with Crippen molar-refractivity contribution in [1.82, 2.24) is 4.57 Å². The first kappa shape index (κ1) is 20.2. The van der Waals surface area contributed by atoms with Gasteiger partial charge in [0.25, 0.3) is 5.91 Å². The standard InChI is InChI=1S/C25H25N3O/c1-16-6-9-23(10-7-16)28-19(4)13-21(20(28)5)14-22(15-26)25(29)27-24-11-8-17(2)12-18(24)3/h6-14H,1-5H3,(H,27,29)/b22-14-. The van der Waals surface area contributed by atoms with E-state index < -0.39 is 5.91 Å². The normalized spacial score (nSPS) is 11.2. The lowest BCUT2D eigenvalue weighted by Crippen LogP contribution is -2.14. The lowest BCUT2D eigenvalue weighted by Gasteiger charge is -2.10. The minimum atomic E-state index is -0.403. The number of carbonyl (C=O) groups is 1. The molecule has 0 radical (unpaired) electrons. The summed E-state index contributed by atoms with van der Waals surface area (Å²) < 4.78 is 2.13. The molecule has 1 amide bonds. The summed E-state index contributed by atoms with van der Waals surface area (Å²) in [7, 11) is 0. The minimum Gasteiger partial charge on any atom is -0.321 e. The molecule has 0 spiro atoms. The summed E-state index contributed by atoms with van der Waals surface area (Å²) in [6, 6.07) is 18.1. The van der Waals surface area contributed by atoms with Crippen LogP contribution in [0.2, 0.25) is 0 Å². The van der Waals surface area contributed by atoms with Crippen LogP contribution in [0, 0.1) is 45.9 Å². The van der Waals surface area contributed by atoms with Gasteiger partial charge in [-0.05, 0) is 76.1 Å². The van der Waals surface area contributed by atoms with Crippen molar-refractivity contribution in [2.75, 3.05) is 5.32 Å². The number of hydrogen-bond donors (Lipinski definition) is 1. The predicted molar refractivity (Wildman–Crippen MR) is 118 cm³/mol. The first-order valence-electron chi connectivity index (χ1n) is 9.56. The summed E-state index contributed by atoms with van der Waals surface area (Å²) in [6.07, 6.45) is 1.66. The van der Waals surface area contributed by atoms with Crippen molar-refractivity contribution in [1.29, 1.82) is 5.26 Å². The van der Waals surface area contributed by atoms with Gasteiger partial charge in [0.05, 0.1) is 0 Å². The number of nitrogens with one attached hydrogen (secondary N) is 1. The maximum atomic E-state index is 12.7. The van der Waals surface area contributed by atoms with Crippen molar-refractivity contribution >= 4 is 17.7 Å². The maximum absolute atomic E-state index is 12.7. The molecule has 0 aliphatic heterocycles. The average molecular weight is 383 g/mol.